The molecule has 1 aromatic carbocycles. The topological polar surface area (TPSA) is 66.5 Å². The average molecular weight is 364 g/mol. The van der Waals surface area contributed by atoms with Crippen molar-refractivity contribution in [3.05, 3.63) is 51.9 Å². The van der Waals surface area contributed by atoms with Crippen LogP contribution in [-0.4, -0.2) is 32.7 Å². The summed E-state index contributed by atoms with van der Waals surface area (Å²) in [5.41, 5.74) is 3.66. The lowest BCUT2D eigenvalue weighted by Gasteiger charge is -2.13. The number of nitrogens with one attached hydrogen (secondary N) is 1. The van der Waals surface area contributed by atoms with Crippen LogP contribution >= 0.6 is 11.3 Å². The summed E-state index contributed by atoms with van der Waals surface area (Å²) in [6, 6.07) is 9.33. The predicted octanol–water partition coefficient (Wildman–Crippen LogP) is 2.72. The molecule has 1 aliphatic rings. The normalized spacial score (nSPS) is 17.1. The molecular formula is C17H20N2O3S2. The lowest BCUT2D eigenvalue weighted by atomic mass is 10.1. The van der Waals surface area contributed by atoms with Crippen LogP contribution in [0.15, 0.2) is 34.5 Å². The third-order valence-electron chi connectivity index (χ3n) is 4.22. The minimum Gasteiger partial charge on any atom is -0.345 e. The van der Waals surface area contributed by atoms with Crippen molar-refractivity contribution in [3.63, 3.8) is 0 Å². The molecule has 2 aromatic rings. The molecule has 0 fully saturated rings. The molecule has 0 saturated carbocycles. The molecule has 24 heavy (non-hydrogen) atoms. The number of carbonyl (C=O) groups excluding carboxylic acids is 1. The van der Waals surface area contributed by atoms with Crippen LogP contribution in [0.2, 0.25) is 0 Å². The van der Waals surface area contributed by atoms with Gasteiger partial charge in [0.05, 0.1) is 10.9 Å². The Bertz CT molecular complexity index is 885. The molecule has 7 heteroatoms. The molecule has 3 rings (SSSR count). The maximum atomic E-state index is 12.5. The molecular weight excluding hydrogens is 344 g/mol. The Morgan fingerprint density at radius 3 is 2.71 bits per heavy atom. The highest BCUT2D eigenvalue weighted by Gasteiger charge is 2.26. The van der Waals surface area contributed by atoms with Gasteiger partial charge in [-0.25, -0.2) is 12.7 Å². The zero-order valence-electron chi connectivity index (χ0n) is 13.9. The first-order chi connectivity index (χ1) is 11.3. The van der Waals surface area contributed by atoms with Crippen LogP contribution in [0.3, 0.4) is 0 Å². The standard InChI is InChI=1S/C17H20N2O3S2/c1-11-4-6-13-12(10-11)5-7-14(13)18-17(20)15-8-9-16(23-15)24(21,22)19(2)3/h4,6,8-10,14H,5,7H2,1-3H3,(H,18,20)/t14-/m1/s1. The summed E-state index contributed by atoms with van der Waals surface area (Å²) in [5.74, 6) is -0.223. The summed E-state index contributed by atoms with van der Waals surface area (Å²) in [5, 5.41) is 3.03. The lowest BCUT2D eigenvalue weighted by Crippen LogP contribution is -2.26. The summed E-state index contributed by atoms with van der Waals surface area (Å²) in [6.07, 6.45) is 1.82. The fourth-order valence-electron chi connectivity index (χ4n) is 2.89. The third kappa shape index (κ3) is 3.11. The summed E-state index contributed by atoms with van der Waals surface area (Å²) in [7, 11) is -0.542. The van der Waals surface area contributed by atoms with Gasteiger partial charge >= 0.3 is 0 Å². The first-order valence-corrected chi connectivity index (χ1v) is 9.97. The fourth-order valence-corrected chi connectivity index (χ4v) is 5.26. The highest BCUT2D eigenvalue weighted by Crippen LogP contribution is 2.32. The third-order valence-corrected chi connectivity index (χ3v) is 7.59. The molecule has 0 aliphatic heterocycles. The number of carbonyl (C=O) groups is 1. The second kappa shape index (κ2) is 6.31. The van der Waals surface area contributed by atoms with Crippen molar-refractivity contribution in [3.8, 4) is 0 Å². The van der Waals surface area contributed by atoms with Gasteiger partial charge in [0.25, 0.3) is 15.9 Å². The number of nitrogens with zero attached hydrogens (tertiary/aromatic N) is 1. The van der Waals surface area contributed by atoms with Gasteiger partial charge < -0.3 is 5.32 Å². The number of fused-ring (bicyclic) bond motifs is 1. The summed E-state index contributed by atoms with van der Waals surface area (Å²) in [4.78, 5) is 12.9. The zero-order valence-corrected chi connectivity index (χ0v) is 15.5. The Balaban J connectivity index is 1.77. The monoisotopic (exact) mass is 364 g/mol. The van der Waals surface area contributed by atoms with Gasteiger partial charge in [-0.05, 0) is 43.0 Å². The second-order valence-corrected chi connectivity index (χ2v) is 9.64. The van der Waals surface area contributed by atoms with Crippen molar-refractivity contribution in [2.24, 2.45) is 0 Å². The largest absolute Gasteiger partial charge is 0.345 e. The van der Waals surface area contributed by atoms with Crippen molar-refractivity contribution in [1.82, 2.24) is 9.62 Å². The predicted molar refractivity (Wildman–Crippen MR) is 94.9 cm³/mol. The first-order valence-electron chi connectivity index (χ1n) is 7.71. The molecule has 0 radical (unpaired) electrons. The highest BCUT2D eigenvalue weighted by molar-refractivity contribution is 7.91. The Labute approximate surface area is 146 Å². The fraction of sp³-hybridized carbons (Fsp3) is 0.353. The molecule has 128 valence electrons. The number of rotatable bonds is 4. The summed E-state index contributed by atoms with van der Waals surface area (Å²) < 4.78 is 25.6. The van der Waals surface area contributed by atoms with Crippen LogP contribution in [0, 0.1) is 6.92 Å². The molecule has 0 bridgehead atoms. The molecule has 0 saturated heterocycles. The number of hydrogen-bond donors (Lipinski definition) is 1. The van der Waals surface area contributed by atoms with E-state index >= 15 is 0 Å². The maximum absolute atomic E-state index is 12.5. The van der Waals surface area contributed by atoms with E-state index in [0.717, 1.165) is 34.0 Å². The second-order valence-electron chi connectivity index (χ2n) is 6.17. The molecule has 0 spiro atoms. The number of benzene rings is 1. The summed E-state index contributed by atoms with van der Waals surface area (Å²) >= 11 is 1.00. The number of hydrogen-bond acceptors (Lipinski definition) is 4. The van der Waals surface area contributed by atoms with E-state index in [2.05, 4.69) is 30.4 Å². The van der Waals surface area contributed by atoms with E-state index in [1.807, 2.05) is 0 Å². The number of amides is 1. The van der Waals surface area contributed by atoms with Gasteiger partial charge in [0, 0.05) is 14.1 Å². The summed E-state index contributed by atoms with van der Waals surface area (Å²) in [6.45, 7) is 2.06. The highest BCUT2D eigenvalue weighted by atomic mass is 32.2. The molecule has 5 nitrogen and oxygen atoms in total. The van der Waals surface area contributed by atoms with E-state index < -0.39 is 10.0 Å². The van der Waals surface area contributed by atoms with Crippen molar-refractivity contribution < 1.29 is 13.2 Å². The SMILES string of the molecule is Cc1ccc2c(c1)CC[C@H]2NC(=O)c1ccc(S(=O)(=O)N(C)C)s1. The average Bonchev–Trinajstić information content (AvgIpc) is 3.14. The van der Waals surface area contributed by atoms with Crippen LogP contribution in [-0.2, 0) is 16.4 Å². The van der Waals surface area contributed by atoms with Crippen LogP contribution in [0.25, 0.3) is 0 Å². The first kappa shape index (κ1) is 17.1. The molecule has 0 unspecified atom stereocenters. The zero-order chi connectivity index (χ0) is 17.5. The Morgan fingerprint density at radius 2 is 2.00 bits per heavy atom. The smallest absolute Gasteiger partial charge is 0.261 e. The Kier molecular flexibility index (Phi) is 4.50. The van der Waals surface area contributed by atoms with Crippen molar-refractivity contribution in [2.45, 2.75) is 30.0 Å². The van der Waals surface area contributed by atoms with Crippen molar-refractivity contribution in [1.29, 1.82) is 0 Å². The maximum Gasteiger partial charge on any atom is 0.261 e. The van der Waals surface area contributed by atoms with E-state index in [9.17, 15) is 13.2 Å². The number of thiophene rings is 1. The number of sulfonamides is 1. The van der Waals surface area contributed by atoms with E-state index in [-0.39, 0.29) is 16.2 Å². The minimum absolute atomic E-state index is 0.0101. The molecule has 1 heterocycles. The van der Waals surface area contributed by atoms with E-state index in [4.69, 9.17) is 0 Å². The molecule has 1 amide bonds. The van der Waals surface area contributed by atoms with Crippen molar-refractivity contribution in [2.75, 3.05) is 14.1 Å². The van der Waals surface area contributed by atoms with Gasteiger partial charge in [0.2, 0.25) is 0 Å². The quantitative estimate of drug-likeness (QED) is 0.907. The van der Waals surface area contributed by atoms with Crippen LogP contribution in [0.4, 0.5) is 0 Å². The van der Waals surface area contributed by atoms with Gasteiger partial charge in [0.1, 0.15) is 4.21 Å². The lowest BCUT2D eigenvalue weighted by molar-refractivity contribution is 0.0941. The Morgan fingerprint density at radius 1 is 1.25 bits per heavy atom. The van der Waals surface area contributed by atoms with E-state index in [0.29, 0.717) is 4.88 Å². The minimum atomic E-state index is -3.50. The van der Waals surface area contributed by atoms with Crippen molar-refractivity contribution >= 4 is 27.3 Å². The molecule has 1 aliphatic carbocycles. The Hall–Kier alpha value is -1.70. The van der Waals surface area contributed by atoms with E-state index in [1.165, 1.54) is 31.3 Å². The van der Waals surface area contributed by atoms with Gasteiger partial charge in [0.15, 0.2) is 0 Å². The van der Waals surface area contributed by atoms with Crippen LogP contribution in [0.5, 0.6) is 0 Å². The number of aryl methyl sites for hydroxylation is 2. The van der Waals surface area contributed by atoms with Gasteiger partial charge in [-0.15, -0.1) is 11.3 Å². The van der Waals surface area contributed by atoms with Gasteiger partial charge in [-0.1, -0.05) is 23.8 Å². The van der Waals surface area contributed by atoms with Gasteiger partial charge in [-0.3, -0.25) is 4.79 Å². The van der Waals surface area contributed by atoms with E-state index in [1.54, 1.807) is 6.07 Å². The molecule has 1 N–H and O–H groups in total. The van der Waals surface area contributed by atoms with Crippen LogP contribution in [0.1, 0.15) is 38.8 Å². The van der Waals surface area contributed by atoms with Crippen LogP contribution < -0.4 is 5.32 Å². The molecule has 1 atom stereocenters. The van der Waals surface area contributed by atoms with Gasteiger partial charge in [-0.2, -0.15) is 0 Å². The molecule has 1 aromatic heterocycles.